The topological polar surface area (TPSA) is 141 Å². The lowest BCUT2D eigenvalue weighted by Gasteiger charge is -2.33. The Morgan fingerprint density at radius 2 is 1.82 bits per heavy atom. The summed E-state index contributed by atoms with van der Waals surface area (Å²) < 4.78 is 9.38. The molecule has 3 aromatic rings. The number of nitrogens with one attached hydrogen (secondary N) is 2. The first-order valence-electron chi connectivity index (χ1n) is 15.0. The molecule has 1 fully saturated rings. The van der Waals surface area contributed by atoms with Crippen LogP contribution < -0.4 is 15.4 Å². The van der Waals surface area contributed by atoms with E-state index < -0.39 is 46.8 Å². The van der Waals surface area contributed by atoms with Crippen LogP contribution in [0.5, 0.6) is 5.75 Å². The van der Waals surface area contributed by atoms with E-state index in [1.54, 1.807) is 12.1 Å². The average molecular weight is 653 g/mol. The average Bonchev–Trinajstić information content (AvgIpc) is 3.52. The van der Waals surface area contributed by atoms with Crippen molar-refractivity contribution in [2.45, 2.75) is 76.1 Å². The molecule has 2 aliphatic rings. The molecule has 2 aliphatic heterocycles. The lowest BCUT2D eigenvalue weighted by molar-refractivity contribution is -0.147. The lowest BCUT2D eigenvalue weighted by atomic mass is 9.90. The van der Waals surface area contributed by atoms with Crippen LogP contribution in [0.3, 0.4) is 0 Å². The monoisotopic (exact) mass is 652 g/mol. The number of ether oxygens (including phenoxy) is 1. The van der Waals surface area contributed by atoms with E-state index in [9.17, 15) is 24.6 Å². The Labute approximate surface area is 271 Å². The third kappa shape index (κ3) is 7.35. The number of rotatable bonds is 10. The summed E-state index contributed by atoms with van der Waals surface area (Å²) in [7, 11) is 0. The quantitative estimate of drug-likeness (QED) is 0.262. The second-order valence-corrected chi connectivity index (χ2v) is 14.7. The summed E-state index contributed by atoms with van der Waals surface area (Å²) in [6.45, 7) is 8.00. The predicted octanol–water partition coefficient (Wildman–Crippen LogP) is 3.28. The third-order valence-electron chi connectivity index (χ3n) is 8.53. The summed E-state index contributed by atoms with van der Waals surface area (Å²) in [6, 6.07) is 15.1. The fourth-order valence-electron chi connectivity index (χ4n) is 5.98. The van der Waals surface area contributed by atoms with E-state index in [0.29, 0.717) is 17.9 Å². The zero-order chi connectivity index (χ0) is 32.3. The number of aliphatic hydroxyl groups is 2. The lowest BCUT2D eigenvalue weighted by Crippen LogP contribution is -2.55. The number of thioether (sulfide) groups is 1. The van der Waals surface area contributed by atoms with Crippen LogP contribution in [0.2, 0.25) is 0 Å². The van der Waals surface area contributed by atoms with Crippen molar-refractivity contribution in [3.63, 3.8) is 0 Å². The van der Waals surface area contributed by atoms with Crippen molar-refractivity contribution in [1.82, 2.24) is 19.9 Å². The first-order chi connectivity index (χ1) is 21.5. The molecule has 240 valence electrons. The number of aryl methyl sites for hydroxylation is 2. The molecule has 45 heavy (non-hydrogen) atoms. The Kier molecular flexibility index (Phi) is 10.2. The summed E-state index contributed by atoms with van der Waals surface area (Å²) in [5.41, 5.74) is 3.35. The predicted molar refractivity (Wildman–Crippen MR) is 174 cm³/mol. The summed E-state index contributed by atoms with van der Waals surface area (Å²) >= 11 is 2.85. The van der Waals surface area contributed by atoms with Gasteiger partial charge in [0, 0.05) is 33.2 Å². The highest BCUT2D eigenvalue weighted by molar-refractivity contribution is 8.00. The maximum atomic E-state index is 13.8. The summed E-state index contributed by atoms with van der Waals surface area (Å²) in [4.78, 5) is 43.6. The molecule has 3 heterocycles. The van der Waals surface area contributed by atoms with Gasteiger partial charge in [-0.15, -0.1) is 11.8 Å². The molecular formula is C33H40N4O6S2. The highest BCUT2D eigenvalue weighted by Gasteiger charge is 2.49. The molecule has 0 spiro atoms. The summed E-state index contributed by atoms with van der Waals surface area (Å²) in [5, 5.41) is 28.0. The molecule has 10 nitrogen and oxygen atoms in total. The van der Waals surface area contributed by atoms with Crippen LogP contribution in [0.15, 0.2) is 54.6 Å². The minimum absolute atomic E-state index is 0.0281. The van der Waals surface area contributed by atoms with Crippen LogP contribution in [0, 0.1) is 19.8 Å². The molecule has 0 aliphatic carbocycles. The fourth-order valence-corrected chi connectivity index (χ4v) is 7.83. The SMILES string of the molecule is Cc1nsc(C)c1CNC(=O)[C@H]1N(C(=O)[C@@H](O)C[C@@H](Cc2ccccc2)C(=O)N[C@H]2c3ccccc3OC[C@H]2O)CSC1(C)C. The number of amides is 3. The zero-order valence-corrected chi connectivity index (χ0v) is 27.5. The molecule has 0 unspecified atom stereocenters. The smallest absolute Gasteiger partial charge is 0.252 e. The van der Waals surface area contributed by atoms with Crippen LogP contribution in [0.1, 0.15) is 53.6 Å². The van der Waals surface area contributed by atoms with E-state index in [2.05, 4.69) is 15.0 Å². The molecule has 0 saturated carbocycles. The van der Waals surface area contributed by atoms with Crippen molar-refractivity contribution in [3.8, 4) is 5.75 Å². The maximum absolute atomic E-state index is 13.8. The molecule has 1 aromatic heterocycles. The van der Waals surface area contributed by atoms with Gasteiger partial charge in [-0.2, -0.15) is 4.37 Å². The molecule has 1 saturated heterocycles. The van der Waals surface area contributed by atoms with Crippen molar-refractivity contribution in [2.75, 3.05) is 12.5 Å². The van der Waals surface area contributed by atoms with Crippen LogP contribution in [-0.2, 0) is 27.3 Å². The molecule has 0 bridgehead atoms. The number of aliphatic hydroxyl groups excluding tert-OH is 2. The number of hydrogen-bond donors (Lipinski definition) is 4. The Bertz CT molecular complexity index is 1510. The van der Waals surface area contributed by atoms with E-state index in [1.165, 1.54) is 28.2 Å². The molecule has 5 atom stereocenters. The number of hydrogen-bond acceptors (Lipinski definition) is 9. The van der Waals surface area contributed by atoms with Crippen LogP contribution in [0.4, 0.5) is 0 Å². The van der Waals surface area contributed by atoms with Crippen molar-refractivity contribution in [1.29, 1.82) is 0 Å². The second-order valence-electron chi connectivity index (χ2n) is 12.1. The first-order valence-corrected chi connectivity index (χ1v) is 16.8. The van der Waals surface area contributed by atoms with Gasteiger partial charge < -0.3 is 30.5 Å². The van der Waals surface area contributed by atoms with E-state index in [4.69, 9.17) is 4.74 Å². The third-order valence-corrected chi connectivity index (χ3v) is 10.8. The van der Waals surface area contributed by atoms with Gasteiger partial charge in [0.25, 0.3) is 5.91 Å². The molecule has 0 radical (unpaired) electrons. The molecule has 2 aromatic carbocycles. The Balaban J connectivity index is 1.32. The highest BCUT2D eigenvalue weighted by Crippen LogP contribution is 2.40. The fraction of sp³-hybridized carbons (Fsp3) is 0.455. The largest absolute Gasteiger partial charge is 0.490 e. The van der Waals surface area contributed by atoms with Crippen LogP contribution >= 0.6 is 23.3 Å². The molecular weight excluding hydrogens is 613 g/mol. The van der Waals surface area contributed by atoms with E-state index >= 15 is 0 Å². The van der Waals surface area contributed by atoms with Crippen LogP contribution in [-0.4, -0.2) is 72.7 Å². The van der Waals surface area contributed by atoms with Crippen molar-refractivity contribution >= 4 is 41.0 Å². The molecule has 12 heteroatoms. The van der Waals surface area contributed by atoms with Gasteiger partial charge in [0.05, 0.1) is 17.6 Å². The van der Waals surface area contributed by atoms with Gasteiger partial charge in [-0.1, -0.05) is 48.5 Å². The number of aromatic nitrogens is 1. The summed E-state index contributed by atoms with van der Waals surface area (Å²) in [6.07, 6.45) is -2.37. The summed E-state index contributed by atoms with van der Waals surface area (Å²) in [5.74, 6) is -1.27. The van der Waals surface area contributed by atoms with Gasteiger partial charge in [0.1, 0.15) is 30.6 Å². The normalized spacial score (nSPS) is 21.7. The Morgan fingerprint density at radius 3 is 2.53 bits per heavy atom. The van der Waals surface area contributed by atoms with Crippen molar-refractivity contribution in [3.05, 3.63) is 81.9 Å². The van der Waals surface area contributed by atoms with Gasteiger partial charge in [0.15, 0.2) is 0 Å². The van der Waals surface area contributed by atoms with Crippen molar-refractivity contribution < 1.29 is 29.3 Å². The number of carbonyl (C=O) groups excluding carboxylic acids is 3. The molecule has 5 rings (SSSR count). The van der Waals surface area contributed by atoms with E-state index in [0.717, 1.165) is 21.7 Å². The van der Waals surface area contributed by atoms with Gasteiger partial charge >= 0.3 is 0 Å². The number of nitrogens with zero attached hydrogens (tertiary/aromatic N) is 2. The van der Waals surface area contributed by atoms with Gasteiger partial charge in [-0.25, -0.2) is 0 Å². The van der Waals surface area contributed by atoms with Gasteiger partial charge in [-0.05, 0) is 63.7 Å². The Morgan fingerprint density at radius 1 is 1.11 bits per heavy atom. The van der Waals surface area contributed by atoms with Crippen molar-refractivity contribution in [2.24, 2.45) is 5.92 Å². The number of benzene rings is 2. The minimum Gasteiger partial charge on any atom is -0.490 e. The minimum atomic E-state index is -1.52. The standard InChI is InChI=1S/C33H40N4O6S2/c1-19-24(20(2)45-36-19)16-34-31(41)29-33(3,4)44-18-37(29)32(42)25(38)15-22(14-21-10-6-5-7-11-21)30(40)35-28-23-12-8-9-13-27(23)43-17-26(28)39/h5-13,22,25-26,28-29,38-39H,14-18H2,1-4H3,(H,34,41)(H,35,40)/t22-,25+,26-,28+,29-/m1/s1. The highest BCUT2D eigenvalue weighted by atomic mass is 32.2. The number of carbonyl (C=O) groups is 3. The van der Waals surface area contributed by atoms with Crippen LogP contribution in [0.25, 0.3) is 0 Å². The van der Waals surface area contributed by atoms with Gasteiger partial charge in [0.2, 0.25) is 11.8 Å². The Hall–Kier alpha value is -3.45. The number of para-hydroxylation sites is 1. The van der Waals surface area contributed by atoms with E-state index in [1.807, 2.05) is 70.2 Å². The number of fused-ring (bicyclic) bond motifs is 1. The van der Waals surface area contributed by atoms with E-state index in [-0.39, 0.29) is 31.2 Å². The van der Waals surface area contributed by atoms with Gasteiger partial charge in [-0.3, -0.25) is 14.4 Å². The zero-order valence-electron chi connectivity index (χ0n) is 25.9. The maximum Gasteiger partial charge on any atom is 0.252 e. The second kappa shape index (κ2) is 13.9. The first kappa shape index (κ1) is 32.9. The molecule has 4 N–H and O–H groups in total. The molecule has 3 amide bonds.